The standard InChI is InChI=1S/C21H21F4N3O3S/c22-15-5-8-18-19(26-31-20(18)12-15)2-1-10-28-11-9-16(13-28)27-32(29,30)17-6-3-14(4-7-17)21(23,24)25/h3-8,12,16,27H,1-2,9-11,13H2. The van der Waals surface area contributed by atoms with E-state index in [0.29, 0.717) is 38.1 Å². The average molecular weight is 471 g/mol. The van der Waals surface area contributed by atoms with Crippen molar-refractivity contribution in [2.45, 2.75) is 36.4 Å². The van der Waals surface area contributed by atoms with Crippen molar-refractivity contribution < 1.29 is 30.5 Å². The third-order valence-electron chi connectivity index (χ3n) is 5.48. The number of fused-ring (bicyclic) bond motifs is 1. The highest BCUT2D eigenvalue weighted by molar-refractivity contribution is 7.89. The van der Waals surface area contributed by atoms with E-state index in [1.54, 1.807) is 6.07 Å². The Morgan fingerprint density at radius 1 is 1.16 bits per heavy atom. The zero-order chi connectivity index (χ0) is 22.9. The first-order valence-corrected chi connectivity index (χ1v) is 11.6. The maximum Gasteiger partial charge on any atom is 0.416 e. The van der Waals surface area contributed by atoms with Crippen LogP contribution in [0.25, 0.3) is 11.0 Å². The lowest BCUT2D eigenvalue weighted by Crippen LogP contribution is -2.37. The van der Waals surface area contributed by atoms with E-state index in [-0.39, 0.29) is 16.8 Å². The van der Waals surface area contributed by atoms with Gasteiger partial charge in [0, 0.05) is 24.0 Å². The van der Waals surface area contributed by atoms with E-state index in [1.807, 2.05) is 0 Å². The van der Waals surface area contributed by atoms with Gasteiger partial charge in [-0.15, -0.1) is 0 Å². The molecule has 1 saturated heterocycles. The van der Waals surface area contributed by atoms with Crippen molar-refractivity contribution in [3.05, 3.63) is 59.5 Å². The molecule has 1 atom stereocenters. The van der Waals surface area contributed by atoms with Crippen LogP contribution in [0.5, 0.6) is 0 Å². The highest BCUT2D eigenvalue weighted by Gasteiger charge is 2.31. The van der Waals surface area contributed by atoms with Gasteiger partial charge in [0.05, 0.1) is 16.2 Å². The number of nitrogens with zero attached hydrogens (tertiary/aromatic N) is 2. The Bertz CT molecular complexity index is 1190. The number of hydrogen-bond donors (Lipinski definition) is 1. The molecule has 1 aliphatic rings. The number of likely N-dealkylation sites (tertiary alicyclic amines) is 1. The first-order chi connectivity index (χ1) is 15.1. The topological polar surface area (TPSA) is 75.4 Å². The zero-order valence-corrected chi connectivity index (χ0v) is 17.7. The van der Waals surface area contributed by atoms with Crippen LogP contribution in [0.2, 0.25) is 0 Å². The van der Waals surface area contributed by atoms with E-state index in [0.717, 1.165) is 41.8 Å². The Labute approximate surface area is 182 Å². The van der Waals surface area contributed by atoms with Crippen molar-refractivity contribution in [1.29, 1.82) is 0 Å². The normalized spacial score (nSPS) is 17.9. The molecule has 32 heavy (non-hydrogen) atoms. The van der Waals surface area contributed by atoms with Gasteiger partial charge in [0.1, 0.15) is 5.82 Å². The summed E-state index contributed by atoms with van der Waals surface area (Å²) in [5.74, 6) is -0.387. The van der Waals surface area contributed by atoms with E-state index in [1.165, 1.54) is 12.1 Å². The summed E-state index contributed by atoms with van der Waals surface area (Å²) in [5.41, 5.74) is 0.256. The van der Waals surface area contributed by atoms with Crippen LogP contribution in [0.15, 0.2) is 51.9 Å². The molecule has 6 nitrogen and oxygen atoms in total. The lowest BCUT2D eigenvalue weighted by molar-refractivity contribution is -0.137. The van der Waals surface area contributed by atoms with Crippen LogP contribution >= 0.6 is 0 Å². The monoisotopic (exact) mass is 471 g/mol. The highest BCUT2D eigenvalue weighted by Crippen LogP contribution is 2.30. The Kier molecular flexibility index (Phi) is 6.24. The van der Waals surface area contributed by atoms with Gasteiger partial charge in [-0.2, -0.15) is 13.2 Å². The van der Waals surface area contributed by atoms with E-state index >= 15 is 0 Å². The molecule has 1 unspecified atom stereocenters. The van der Waals surface area contributed by atoms with Gasteiger partial charge in [0.15, 0.2) is 5.58 Å². The Hall–Kier alpha value is -2.50. The maximum atomic E-state index is 13.2. The van der Waals surface area contributed by atoms with Gasteiger partial charge in [-0.25, -0.2) is 17.5 Å². The molecule has 1 N–H and O–H groups in total. The van der Waals surface area contributed by atoms with Gasteiger partial charge in [0.25, 0.3) is 0 Å². The fourth-order valence-electron chi connectivity index (χ4n) is 3.86. The van der Waals surface area contributed by atoms with Gasteiger partial charge in [-0.1, -0.05) is 5.16 Å². The smallest absolute Gasteiger partial charge is 0.356 e. The van der Waals surface area contributed by atoms with Gasteiger partial charge in [-0.05, 0) is 68.8 Å². The fraction of sp³-hybridized carbons (Fsp3) is 0.381. The predicted octanol–water partition coefficient (Wildman–Crippen LogP) is 3.97. The van der Waals surface area contributed by atoms with Crippen molar-refractivity contribution >= 4 is 21.0 Å². The number of aromatic nitrogens is 1. The molecule has 172 valence electrons. The minimum atomic E-state index is -4.52. The number of sulfonamides is 1. The molecule has 0 saturated carbocycles. The van der Waals surface area contributed by atoms with E-state index < -0.39 is 21.8 Å². The van der Waals surface area contributed by atoms with Crippen LogP contribution in [-0.4, -0.2) is 44.2 Å². The van der Waals surface area contributed by atoms with Crippen molar-refractivity contribution in [1.82, 2.24) is 14.8 Å². The molecule has 0 aliphatic carbocycles. The first kappa shape index (κ1) is 22.7. The molecule has 0 bridgehead atoms. The highest BCUT2D eigenvalue weighted by atomic mass is 32.2. The molecule has 0 amide bonds. The van der Waals surface area contributed by atoms with Gasteiger partial charge in [0.2, 0.25) is 10.0 Å². The molecule has 2 aromatic carbocycles. The maximum absolute atomic E-state index is 13.2. The minimum Gasteiger partial charge on any atom is -0.356 e. The minimum absolute atomic E-state index is 0.196. The van der Waals surface area contributed by atoms with Gasteiger partial charge in [-0.3, -0.25) is 0 Å². The van der Waals surface area contributed by atoms with E-state index in [2.05, 4.69) is 14.8 Å². The largest absolute Gasteiger partial charge is 0.416 e. The second kappa shape index (κ2) is 8.80. The van der Waals surface area contributed by atoms with Gasteiger partial charge >= 0.3 is 6.18 Å². The number of rotatable bonds is 7. The number of nitrogens with one attached hydrogen (secondary N) is 1. The summed E-state index contributed by atoms with van der Waals surface area (Å²) in [4.78, 5) is 1.92. The van der Waals surface area contributed by atoms with Gasteiger partial charge < -0.3 is 9.42 Å². The SMILES string of the molecule is O=S(=O)(NC1CCN(CCCc2noc3cc(F)ccc23)C1)c1ccc(C(F)(F)F)cc1. The Balaban J connectivity index is 1.28. The fourth-order valence-corrected chi connectivity index (χ4v) is 5.12. The Morgan fingerprint density at radius 2 is 1.91 bits per heavy atom. The number of hydrogen-bond acceptors (Lipinski definition) is 5. The molecule has 1 fully saturated rings. The lowest BCUT2D eigenvalue weighted by Gasteiger charge is -2.16. The van der Waals surface area contributed by atoms with Crippen molar-refractivity contribution in [3.8, 4) is 0 Å². The predicted molar refractivity (Wildman–Crippen MR) is 109 cm³/mol. The molecule has 0 spiro atoms. The molecule has 3 aromatic rings. The molecule has 0 radical (unpaired) electrons. The number of alkyl halides is 3. The molecule has 1 aromatic heterocycles. The van der Waals surface area contributed by atoms with Crippen molar-refractivity contribution in [2.24, 2.45) is 0 Å². The molecular formula is C21H21F4N3O3S. The summed E-state index contributed by atoms with van der Waals surface area (Å²) in [6.45, 7) is 1.92. The molecule has 1 aliphatic heterocycles. The van der Waals surface area contributed by atoms with Crippen molar-refractivity contribution in [3.63, 3.8) is 0 Å². The third-order valence-corrected chi connectivity index (χ3v) is 7.02. The van der Waals surface area contributed by atoms with E-state index in [9.17, 15) is 26.0 Å². The summed E-state index contributed by atoms with van der Waals surface area (Å²) in [6, 6.07) is 7.42. The number of benzene rings is 2. The molecule has 11 heteroatoms. The summed E-state index contributed by atoms with van der Waals surface area (Å²) in [7, 11) is -3.91. The van der Waals surface area contributed by atoms with Crippen LogP contribution in [0.3, 0.4) is 0 Å². The molecular weight excluding hydrogens is 450 g/mol. The third kappa shape index (κ3) is 5.11. The number of aryl methyl sites for hydroxylation is 1. The summed E-state index contributed by atoms with van der Waals surface area (Å²) in [6.07, 6.45) is -2.52. The summed E-state index contributed by atoms with van der Waals surface area (Å²) in [5, 5.41) is 4.77. The summed E-state index contributed by atoms with van der Waals surface area (Å²) >= 11 is 0. The second-order valence-electron chi connectivity index (χ2n) is 7.80. The quantitative estimate of drug-likeness (QED) is 0.528. The Morgan fingerprint density at radius 3 is 2.62 bits per heavy atom. The zero-order valence-electron chi connectivity index (χ0n) is 16.9. The average Bonchev–Trinajstić information content (AvgIpc) is 3.33. The second-order valence-corrected chi connectivity index (χ2v) is 9.52. The van der Waals surface area contributed by atoms with Crippen LogP contribution in [-0.2, 0) is 22.6 Å². The van der Waals surface area contributed by atoms with Crippen LogP contribution < -0.4 is 4.72 Å². The van der Waals surface area contributed by atoms with Crippen LogP contribution in [0, 0.1) is 5.82 Å². The lowest BCUT2D eigenvalue weighted by atomic mass is 10.1. The van der Waals surface area contributed by atoms with Crippen LogP contribution in [0.4, 0.5) is 17.6 Å². The van der Waals surface area contributed by atoms with Crippen molar-refractivity contribution in [2.75, 3.05) is 19.6 Å². The van der Waals surface area contributed by atoms with Crippen LogP contribution in [0.1, 0.15) is 24.1 Å². The molecule has 4 rings (SSSR count). The number of halogens is 4. The molecule has 2 heterocycles. The first-order valence-electron chi connectivity index (χ1n) is 10.1. The summed E-state index contributed by atoms with van der Waals surface area (Å²) < 4.78 is 84.0. The van der Waals surface area contributed by atoms with E-state index in [4.69, 9.17) is 4.52 Å².